The van der Waals surface area contributed by atoms with Crippen LogP contribution in [-0.4, -0.2) is 34.0 Å². The van der Waals surface area contributed by atoms with Gasteiger partial charge in [0.1, 0.15) is 6.04 Å². The van der Waals surface area contributed by atoms with Crippen LogP contribution in [0.3, 0.4) is 0 Å². The summed E-state index contributed by atoms with van der Waals surface area (Å²) in [5.41, 5.74) is 2.02. The van der Waals surface area contributed by atoms with E-state index in [9.17, 15) is 14.4 Å². The molecule has 2 N–H and O–H groups in total. The molecule has 0 aliphatic carbocycles. The molecular weight excluding hydrogens is 356 g/mol. The van der Waals surface area contributed by atoms with Crippen LogP contribution < -0.4 is 16.3 Å². The summed E-state index contributed by atoms with van der Waals surface area (Å²) in [6.45, 7) is 2.13. The summed E-state index contributed by atoms with van der Waals surface area (Å²) in [6, 6.07) is 4.97. The van der Waals surface area contributed by atoms with Crippen molar-refractivity contribution < 1.29 is 9.59 Å². The molecule has 0 saturated carbocycles. The normalized spacial score (nSPS) is 20.7. The number of carbonyl (C=O) groups excluding carboxylic acids is 2. The van der Waals surface area contributed by atoms with Gasteiger partial charge in [-0.15, -0.1) is 0 Å². The number of piperidine rings is 2. The molecule has 7 heteroatoms. The Labute approximate surface area is 163 Å². The molecule has 0 bridgehead atoms. The third-order valence-electron chi connectivity index (χ3n) is 5.69. The zero-order valence-electron chi connectivity index (χ0n) is 16.0. The van der Waals surface area contributed by atoms with E-state index in [-0.39, 0.29) is 18.0 Å². The lowest BCUT2D eigenvalue weighted by Crippen LogP contribution is -2.44. The Morgan fingerprint density at radius 1 is 1.11 bits per heavy atom. The highest BCUT2D eigenvalue weighted by atomic mass is 16.2. The third-order valence-corrected chi connectivity index (χ3v) is 5.69. The number of hydrogen-bond acceptors (Lipinski definition) is 4. The molecule has 28 heavy (non-hydrogen) atoms. The van der Waals surface area contributed by atoms with Crippen molar-refractivity contribution in [2.24, 2.45) is 13.0 Å². The number of rotatable bonds is 2. The second-order valence-corrected chi connectivity index (χ2v) is 7.58. The van der Waals surface area contributed by atoms with E-state index >= 15 is 0 Å². The molecule has 1 aromatic heterocycles. The van der Waals surface area contributed by atoms with Gasteiger partial charge in [0.2, 0.25) is 11.8 Å². The third kappa shape index (κ3) is 3.48. The molecule has 3 heterocycles. The molecule has 2 amide bonds. The van der Waals surface area contributed by atoms with Gasteiger partial charge in [-0.25, -0.2) is 4.79 Å². The van der Waals surface area contributed by atoms with Crippen LogP contribution >= 0.6 is 0 Å². The molecule has 2 saturated heterocycles. The predicted molar refractivity (Wildman–Crippen MR) is 106 cm³/mol. The first-order valence-corrected chi connectivity index (χ1v) is 9.79. The highest BCUT2D eigenvalue weighted by molar-refractivity contribution is 6.00. The molecule has 2 aromatic rings. The van der Waals surface area contributed by atoms with Gasteiger partial charge in [0, 0.05) is 25.5 Å². The molecule has 7 nitrogen and oxygen atoms in total. The maximum Gasteiger partial charge on any atom is 0.329 e. The molecule has 4 rings (SSSR count). The minimum Gasteiger partial charge on any atom is -0.317 e. The average Bonchev–Trinajstić information content (AvgIpc) is 2.94. The van der Waals surface area contributed by atoms with E-state index < -0.39 is 11.9 Å². The Bertz CT molecular complexity index is 1050. The van der Waals surface area contributed by atoms with E-state index in [1.54, 1.807) is 7.05 Å². The maximum atomic E-state index is 12.8. The smallest absolute Gasteiger partial charge is 0.317 e. The Morgan fingerprint density at radius 3 is 2.64 bits per heavy atom. The standard InChI is InChI=1S/C21H24N4O3/c1-24-18-13-15(4-2-3-14-9-11-22-12-10-14)5-6-16(18)25(21(24)28)17-7-8-19(26)23-20(17)27/h5-6,13-14,17,22H,3,7-12H2,1H3,(H,23,26,27). The van der Waals surface area contributed by atoms with E-state index in [0.717, 1.165) is 43.4 Å². The van der Waals surface area contributed by atoms with Crippen LogP contribution in [0.5, 0.6) is 0 Å². The molecule has 2 aliphatic heterocycles. The van der Waals surface area contributed by atoms with E-state index in [1.807, 2.05) is 18.2 Å². The lowest BCUT2D eigenvalue weighted by molar-refractivity contribution is -0.135. The van der Waals surface area contributed by atoms with Crippen molar-refractivity contribution in [3.8, 4) is 11.8 Å². The fourth-order valence-electron chi connectivity index (χ4n) is 4.05. The zero-order valence-corrected chi connectivity index (χ0v) is 16.0. The van der Waals surface area contributed by atoms with Crippen molar-refractivity contribution in [2.75, 3.05) is 13.1 Å². The Morgan fingerprint density at radius 2 is 1.89 bits per heavy atom. The zero-order chi connectivity index (χ0) is 19.7. The summed E-state index contributed by atoms with van der Waals surface area (Å²) < 4.78 is 3.03. The van der Waals surface area contributed by atoms with Crippen molar-refractivity contribution in [3.05, 3.63) is 34.2 Å². The topological polar surface area (TPSA) is 85.1 Å². The highest BCUT2D eigenvalue weighted by Crippen LogP contribution is 2.23. The van der Waals surface area contributed by atoms with Gasteiger partial charge in [0.05, 0.1) is 11.0 Å². The maximum absolute atomic E-state index is 12.8. The number of carbonyl (C=O) groups is 2. The van der Waals surface area contributed by atoms with Gasteiger partial charge >= 0.3 is 5.69 Å². The van der Waals surface area contributed by atoms with Crippen LogP contribution in [0.1, 0.15) is 43.7 Å². The van der Waals surface area contributed by atoms with Crippen molar-refractivity contribution >= 4 is 22.8 Å². The first-order valence-electron chi connectivity index (χ1n) is 9.79. The Hall–Kier alpha value is -2.85. The van der Waals surface area contributed by atoms with Crippen molar-refractivity contribution in [3.63, 3.8) is 0 Å². The van der Waals surface area contributed by atoms with Crippen LogP contribution in [0.15, 0.2) is 23.0 Å². The average molecular weight is 380 g/mol. The molecule has 1 atom stereocenters. The first kappa shape index (κ1) is 18.5. The lowest BCUT2D eigenvalue weighted by atomic mass is 9.95. The van der Waals surface area contributed by atoms with Gasteiger partial charge in [-0.3, -0.25) is 24.0 Å². The summed E-state index contributed by atoms with van der Waals surface area (Å²) in [5, 5.41) is 5.69. The van der Waals surface area contributed by atoms with E-state index in [2.05, 4.69) is 22.5 Å². The number of nitrogens with one attached hydrogen (secondary N) is 2. The quantitative estimate of drug-likeness (QED) is 0.603. The molecular formula is C21H24N4O3. The van der Waals surface area contributed by atoms with Crippen molar-refractivity contribution in [2.45, 2.75) is 38.1 Å². The summed E-state index contributed by atoms with van der Waals surface area (Å²) in [5.74, 6) is 6.43. The summed E-state index contributed by atoms with van der Waals surface area (Å²) >= 11 is 0. The number of aromatic nitrogens is 2. The molecule has 0 spiro atoms. The molecule has 2 aliphatic rings. The molecule has 2 fully saturated rings. The van der Waals surface area contributed by atoms with Gasteiger partial charge in [-0.2, -0.15) is 0 Å². The van der Waals surface area contributed by atoms with E-state index in [0.29, 0.717) is 17.9 Å². The van der Waals surface area contributed by atoms with Crippen molar-refractivity contribution in [1.29, 1.82) is 0 Å². The molecule has 146 valence electrons. The molecule has 0 radical (unpaired) electrons. The number of aryl methyl sites for hydroxylation is 1. The highest BCUT2D eigenvalue weighted by Gasteiger charge is 2.31. The Kier molecular flexibility index (Phi) is 5.05. The van der Waals surface area contributed by atoms with Crippen molar-refractivity contribution in [1.82, 2.24) is 19.8 Å². The minimum absolute atomic E-state index is 0.236. The number of imidazole rings is 1. The van der Waals surface area contributed by atoms with Crippen LogP contribution in [0.4, 0.5) is 0 Å². The number of nitrogens with zero attached hydrogens (tertiary/aromatic N) is 2. The lowest BCUT2D eigenvalue weighted by Gasteiger charge is -2.21. The Balaban J connectivity index is 1.62. The van der Waals surface area contributed by atoms with Gasteiger partial charge < -0.3 is 5.32 Å². The minimum atomic E-state index is -0.661. The van der Waals surface area contributed by atoms with Crippen LogP contribution in [0.2, 0.25) is 0 Å². The fourth-order valence-corrected chi connectivity index (χ4v) is 4.05. The van der Waals surface area contributed by atoms with Gasteiger partial charge in [0.15, 0.2) is 0 Å². The molecule has 1 aromatic carbocycles. The van der Waals surface area contributed by atoms with Gasteiger partial charge in [-0.1, -0.05) is 11.8 Å². The summed E-state index contributed by atoms with van der Waals surface area (Å²) in [7, 11) is 1.69. The summed E-state index contributed by atoms with van der Waals surface area (Å²) in [6.07, 6.45) is 3.78. The number of hydrogen-bond donors (Lipinski definition) is 2. The molecule has 1 unspecified atom stereocenters. The number of imide groups is 1. The largest absolute Gasteiger partial charge is 0.329 e. The second kappa shape index (κ2) is 7.64. The van der Waals surface area contributed by atoms with Crippen LogP contribution in [-0.2, 0) is 16.6 Å². The second-order valence-electron chi connectivity index (χ2n) is 7.58. The van der Waals surface area contributed by atoms with Crippen LogP contribution in [0.25, 0.3) is 11.0 Å². The summed E-state index contributed by atoms with van der Waals surface area (Å²) in [4.78, 5) is 36.4. The SMILES string of the molecule is Cn1c(=O)n(C2CCC(=O)NC2=O)c2ccc(C#CCC3CCNCC3)cc21. The number of fused-ring (bicyclic) bond motifs is 1. The van der Waals surface area contributed by atoms with Gasteiger partial charge in [-0.05, 0) is 56.5 Å². The van der Waals surface area contributed by atoms with E-state index in [4.69, 9.17) is 0 Å². The number of benzene rings is 1. The fraction of sp³-hybridized carbons (Fsp3) is 0.476. The van der Waals surface area contributed by atoms with Gasteiger partial charge in [0.25, 0.3) is 0 Å². The monoisotopic (exact) mass is 380 g/mol. The number of amides is 2. The van der Waals surface area contributed by atoms with Crippen LogP contribution in [0, 0.1) is 17.8 Å². The predicted octanol–water partition coefficient (Wildman–Crippen LogP) is 1.06. The first-order chi connectivity index (χ1) is 13.5. The van der Waals surface area contributed by atoms with E-state index in [1.165, 1.54) is 9.13 Å².